The van der Waals surface area contributed by atoms with Crippen LogP contribution in [0.4, 0.5) is 4.79 Å². The van der Waals surface area contributed by atoms with Crippen LogP contribution in [0.1, 0.15) is 26.3 Å². The first-order chi connectivity index (χ1) is 15.3. The lowest BCUT2D eigenvalue weighted by atomic mass is 10.1. The van der Waals surface area contributed by atoms with Gasteiger partial charge in [0.05, 0.1) is 36.2 Å². The summed E-state index contributed by atoms with van der Waals surface area (Å²) in [4.78, 5) is 17.3. The van der Waals surface area contributed by atoms with Gasteiger partial charge in [-0.25, -0.2) is 9.36 Å². The van der Waals surface area contributed by atoms with Gasteiger partial charge < -0.3 is 14.6 Å². The van der Waals surface area contributed by atoms with E-state index in [-0.39, 0.29) is 12.5 Å². The third-order valence-corrected chi connectivity index (χ3v) is 4.83. The van der Waals surface area contributed by atoms with Crippen molar-refractivity contribution in [1.29, 1.82) is 0 Å². The van der Waals surface area contributed by atoms with Gasteiger partial charge in [0.15, 0.2) is 0 Å². The number of aliphatic hydroxyl groups excluding tert-OH is 1. The summed E-state index contributed by atoms with van der Waals surface area (Å²) in [5, 5.41) is 18.9. The smallest absolute Gasteiger partial charge is 0.419 e. The summed E-state index contributed by atoms with van der Waals surface area (Å²) in [6.45, 7) is 5.29. The molecule has 4 aromatic rings. The molecule has 0 bridgehead atoms. The molecule has 0 saturated carbocycles. The summed E-state index contributed by atoms with van der Waals surface area (Å²) < 4.78 is 12.6. The second-order valence-corrected chi connectivity index (χ2v) is 8.29. The van der Waals surface area contributed by atoms with E-state index in [4.69, 9.17) is 9.47 Å². The second-order valence-electron chi connectivity index (χ2n) is 8.29. The van der Waals surface area contributed by atoms with Gasteiger partial charge in [-0.2, -0.15) is 0 Å². The first-order valence-electron chi connectivity index (χ1n) is 10.1. The molecule has 0 aliphatic heterocycles. The number of rotatable bonds is 4. The monoisotopic (exact) mass is 432 g/mol. The lowest BCUT2D eigenvalue weighted by Crippen LogP contribution is -2.27. The number of nitrogens with zero attached hydrogens (tertiary/aromatic N) is 4. The number of fused-ring (bicyclic) bond motifs is 1. The molecule has 0 spiro atoms. The van der Waals surface area contributed by atoms with Crippen LogP contribution in [0.3, 0.4) is 0 Å². The summed E-state index contributed by atoms with van der Waals surface area (Å²) in [6, 6.07) is 12.8. The molecule has 0 aliphatic rings. The van der Waals surface area contributed by atoms with E-state index in [0.29, 0.717) is 28.0 Å². The third-order valence-electron chi connectivity index (χ3n) is 4.83. The number of benzene rings is 1. The van der Waals surface area contributed by atoms with Crippen molar-refractivity contribution < 1.29 is 19.4 Å². The molecule has 8 nitrogen and oxygen atoms in total. The standard InChI is InChI=1S/C24H24N4O4/c1-24(2,3)32-23(30)28-20-11-15(14-29)5-6-17(20)12-21(28)18-13-19(26-27-22(18)31-4)16-7-9-25-10-8-16/h5-13,29H,14H2,1-4H3. The highest BCUT2D eigenvalue weighted by Gasteiger charge is 2.25. The van der Waals surface area contributed by atoms with Crippen LogP contribution in [0, 0.1) is 0 Å². The van der Waals surface area contributed by atoms with E-state index >= 15 is 0 Å². The lowest BCUT2D eigenvalue weighted by molar-refractivity contribution is 0.0547. The van der Waals surface area contributed by atoms with Gasteiger partial charge in [0.2, 0.25) is 5.88 Å². The Labute approximate surface area is 185 Å². The molecule has 0 unspecified atom stereocenters. The SMILES string of the molecule is COc1nnc(-c2ccncc2)cc1-c1cc2ccc(CO)cc2n1C(=O)OC(C)(C)C. The van der Waals surface area contributed by atoms with E-state index < -0.39 is 11.7 Å². The summed E-state index contributed by atoms with van der Waals surface area (Å²) in [7, 11) is 1.50. The highest BCUT2D eigenvalue weighted by molar-refractivity contribution is 5.97. The van der Waals surface area contributed by atoms with Gasteiger partial charge in [-0.1, -0.05) is 12.1 Å². The maximum atomic E-state index is 13.3. The van der Waals surface area contributed by atoms with Gasteiger partial charge in [-0.3, -0.25) is 4.98 Å². The van der Waals surface area contributed by atoms with E-state index in [9.17, 15) is 9.90 Å². The summed E-state index contributed by atoms with van der Waals surface area (Å²) in [5.74, 6) is 0.276. The number of hydrogen-bond donors (Lipinski definition) is 1. The average molecular weight is 432 g/mol. The lowest BCUT2D eigenvalue weighted by Gasteiger charge is -2.21. The number of methoxy groups -OCH3 is 1. The molecular formula is C24H24N4O4. The Bertz CT molecular complexity index is 1280. The Balaban J connectivity index is 1.98. The molecule has 0 amide bonds. The van der Waals surface area contributed by atoms with Gasteiger partial charge in [0, 0.05) is 23.3 Å². The molecule has 0 aliphatic carbocycles. The predicted molar refractivity (Wildman–Crippen MR) is 120 cm³/mol. The highest BCUT2D eigenvalue weighted by Crippen LogP contribution is 2.36. The Morgan fingerprint density at radius 3 is 2.47 bits per heavy atom. The molecule has 0 saturated heterocycles. The summed E-state index contributed by atoms with van der Waals surface area (Å²) in [6.07, 6.45) is 2.81. The zero-order valence-corrected chi connectivity index (χ0v) is 18.4. The van der Waals surface area contributed by atoms with Crippen molar-refractivity contribution in [1.82, 2.24) is 19.7 Å². The fraction of sp³-hybridized carbons (Fsp3) is 0.250. The van der Waals surface area contributed by atoms with Crippen molar-refractivity contribution in [2.75, 3.05) is 7.11 Å². The van der Waals surface area contributed by atoms with Crippen LogP contribution >= 0.6 is 0 Å². The molecule has 164 valence electrons. The first-order valence-corrected chi connectivity index (χ1v) is 10.1. The first kappa shape index (κ1) is 21.5. The minimum atomic E-state index is -0.692. The topological polar surface area (TPSA) is 99.4 Å². The van der Waals surface area contributed by atoms with Crippen LogP contribution in [0.2, 0.25) is 0 Å². The molecule has 0 radical (unpaired) electrons. The molecule has 1 aromatic carbocycles. The molecule has 0 fully saturated rings. The maximum absolute atomic E-state index is 13.3. The van der Waals surface area contributed by atoms with Crippen LogP contribution in [0.15, 0.2) is 54.9 Å². The number of aliphatic hydroxyl groups is 1. The van der Waals surface area contributed by atoms with Gasteiger partial charge in [0.1, 0.15) is 5.60 Å². The van der Waals surface area contributed by atoms with Gasteiger partial charge >= 0.3 is 6.09 Å². The number of hydrogen-bond acceptors (Lipinski definition) is 7. The van der Waals surface area contributed by atoms with Gasteiger partial charge in [-0.15, -0.1) is 10.2 Å². The quantitative estimate of drug-likeness (QED) is 0.509. The largest absolute Gasteiger partial charge is 0.479 e. The van der Waals surface area contributed by atoms with Crippen molar-refractivity contribution in [3.8, 4) is 28.4 Å². The van der Waals surface area contributed by atoms with E-state index in [1.807, 2.05) is 57.2 Å². The molecule has 3 aromatic heterocycles. The van der Waals surface area contributed by atoms with Crippen LogP contribution < -0.4 is 4.74 Å². The van der Waals surface area contributed by atoms with Crippen molar-refractivity contribution >= 4 is 17.0 Å². The minimum Gasteiger partial charge on any atom is -0.479 e. The number of ether oxygens (including phenoxy) is 2. The van der Waals surface area contributed by atoms with E-state index in [2.05, 4.69) is 15.2 Å². The molecule has 4 rings (SSSR count). The summed E-state index contributed by atoms with van der Waals surface area (Å²) in [5.41, 5.74) is 3.18. The zero-order valence-electron chi connectivity index (χ0n) is 18.4. The molecule has 0 atom stereocenters. The van der Waals surface area contributed by atoms with Crippen molar-refractivity contribution in [3.63, 3.8) is 0 Å². The third kappa shape index (κ3) is 4.17. The Hall–Kier alpha value is -3.78. The fourth-order valence-electron chi connectivity index (χ4n) is 3.43. The van der Waals surface area contributed by atoms with Gasteiger partial charge in [0.25, 0.3) is 0 Å². The zero-order chi connectivity index (χ0) is 22.9. The number of pyridine rings is 1. The van der Waals surface area contributed by atoms with Crippen molar-refractivity contribution in [3.05, 3.63) is 60.4 Å². The van der Waals surface area contributed by atoms with Gasteiger partial charge in [-0.05, 0) is 56.7 Å². The van der Waals surface area contributed by atoms with Crippen molar-refractivity contribution in [2.45, 2.75) is 33.0 Å². The number of carbonyl (C=O) groups excluding carboxylic acids is 1. The molecule has 8 heteroatoms. The van der Waals surface area contributed by atoms with Crippen molar-refractivity contribution in [2.24, 2.45) is 0 Å². The molecular weight excluding hydrogens is 408 g/mol. The Morgan fingerprint density at radius 1 is 1.06 bits per heavy atom. The number of aromatic nitrogens is 4. The van der Waals surface area contributed by atoms with Crippen LogP contribution in [0.5, 0.6) is 5.88 Å². The van der Waals surface area contributed by atoms with Crippen LogP contribution in [0.25, 0.3) is 33.4 Å². The predicted octanol–water partition coefficient (Wildman–Crippen LogP) is 4.44. The Morgan fingerprint density at radius 2 is 1.81 bits per heavy atom. The molecule has 32 heavy (non-hydrogen) atoms. The normalized spacial score (nSPS) is 11.5. The number of carbonyl (C=O) groups is 1. The van der Waals surface area contributed by atoms with Crippen LogP contribution in [-0.2, 0) is 11.3 Å². The van der Waals surface area contributed by atoms with E-state index in [1.165, 1.54) is 11.7 Å². The fourth-order valence-corrected chi connectivity index (χ4v) is 3.43. The molecule has 1 N–H and O–H groups in total. The molecule has 3 heterocycles. The average Bonchev–Trinajstić information content (AvgIpc) is 3.16. The highest BCUT2D eigenvalue weighted by atomic mass is 16.6. The van der Waals surface area contributed by atoms with E-state index in [1.54, 1.807) is 18.5 Å². The van der Waals surface area contributed by atoms with E-state index in [0.717, 1.165) is 10.9 Å². The summed E-state index contributed by atoms with van der Waals surface area (Å²) >= 11 is 0. The maximum Gasteiger partial charge on any atom is 0.419 e. The second kappa shape index (κ2) is 8.39. The Kier molecular flexibility index (Phi) is 5.63. The van der Waals surface area contributed by atoms with Crippen LogP contribution in [-0.4, -0.2) is 43.7 Å². The minimum absolute atomic E-state index is 0.142.